The van der Waals surface area contributed by atoms with Crippen LogP contribution in [0.2, 0.25) is 0 Å². The molecule has 0 saturated carbocycles. The Morgan fingerprint density at radius 3 is 2.13 bits per heavy atom. The minimum atomic E-state index is -0.688. The Labute approximate surface area is 143 Å². The second-order valence-electron chi connectivity index (χ2n) is 6.12. The summed E-state index contributed by atoms with van der Waals surface area (Å²) in [5, 5.41) is 2.81. The van der Waals surface area contributed by atoms with Crippen LogP contribution in [0.15, 0.2) is 54.6 Å². The number of rotatable bonds is 4. The van der Waals surface area contributed by atoms with Gasteiger partial charge in [-0.05, 0) is 50.6 Å². The molecular weight excluding hydrogens is 312 g/mol. The molecule has 4 nitrogen and oxygen atoms in total. The van der Waals surface area contributed by atoms with Gasteiger partial charge in [-0.3, -0.25) is 4.79 Å². The Morgan fingerprint density at radius 1 is 1.04 bits per heavy atom. The first-order chi connectivity index (χ1) is 10.3. The van der Waals surface area contributed by atoms with Crippen molar-refractivity contribution < 1.29 is 9.53 Å². The number of nitrogens with two attached hydrogens (primary N) is 1. The highest BCUT2D eigenvalue weighted by Gasteiger charge is 2.16. The van der Waals surface area contributed by atoms with Crippen molar-refractivity contribution in [1.29, 1.82) is 0 Å². The van der Waals surface area contributed by atoms with Crippen LogP contribution in [-0.2, 0) is 4.79 Å². The van der Waals surface area contributed by atoms with Gasteiger partial charge < -0.3 is 15.8 Å². The van der Waals surface area contributed by atoms with Crippen LogP contribution in [0.25, 0.3) is 0 Å². The third kappa shape index (κ3) is 5.93. The smallest absolute Gasteiger partial charge is 0.245 e. The van der Waals surface area contributed by atoms with Gasteiger partial charge in [-0.2, -0.15) is 0 Å². The Morgan fingerprint density at radius 2 is 1.61 bits per heavy atom. The first-order valence-electron chi connectivity index (χ1n) is 7.26. The van der Waals surface area contributed by atoms with Gasteiger partial charge in [0, 0.05) is 5.69 Å². The fourth-order valence-corrected chi connectivity index (χ4v) is 1.99. The van der Waals surface area contributed by atoms with E-state index in [-0.39, 0.29) is 23.9 Å². The summed E-state index contributed by atoms with van der Waals surface area (Å²) in [6, 6.07) is 15.9. The highest BCUT2D eigenvalue weighted by atomic mass is 35.5. The zero-order chi connectivity index (χ0) is 16.2. The maximum atomic E-state index is 12.2. The average molecular weight is 335 g/mol. The van der Waals surface area contributed by atoms with Crippen molar-refractivity contribution in [2.45, 2.75) is 32.4 Å². The summed E-state index contributed by atoms with van der Waals surface area (Å²) in [4.78, 5) is 12.2. The molecular formula is C18H23ClN2O2. The van der Waals surface area contributed by atoms with E-state index in [1.54, 1.807) is 12.1 Å². The topological polar surface area (TPSA) is 64.3 Å². The summed E-state index contributed by atoms with van der Waals surface area (Å²) in [6.45, 7) is 5.96. The zero-order valence-corrected chi connectivity index (χ0v) is 14.4. The van der Waals surface area contributed by atoms with Crippen LogP contribution >= 0.6 is 12.4 Å². The van der Waals surface area contributed by atoms with E-state index < -0.39 is 6.04 Å². The van der Waals surface area contributed by atoms with Gasteiger partial charge in [0.05, 0.1) is 0 Å². The van der Waals surface area contributed by atoms with Crippen molar-refractivity contribution >= 4 is 24.0 Å². The van der Waals surface area contributed by atoms with Crippen LogP contribution in [-0.4, -0.2) is 11.5 Å². The summed E-state index contributed by atoms with van der Waals surface area (Å²) in [5.41, 5.74) is 7.19. The number of amides is 1. The Bertz CT molecular complexity index is 622. The first kappa shape index (κ1) is 19.0. The lowest BCUT2D eigenvalue weighted by molar-refractivity contribution is -0.117. The summed E-state index contributed by atoms with van der Waals surface area (Å²) < 4.78 is 5.74. The highest BCUT2D eigenvalue weighted by molar-refractivity contribution is 5.95. The molecule has 124 valence electrons. The quantitative estimate of drug-likeness (QED) is 0.890. The van der Waals surface area contributed by atoms with E-state index in [1.165, 1.54) is 0 Å². The molecule has 0 spiro atoms. The van der Waals surface area contributed by atoms with Crippen LogP contribution in [0.5, 0.6) is 5.75 Å². The van der Waals surface area contributed by atoms with E-state index in [2.05, 4.69) is 5.32 Å². The van der Waals surface area contributed by atoms with E-state index in [0.717, 1.165) is 11.3 Å². The molecule has 3 N–H and O–H groups in total. The van der Waals surface area contributed by atoms with E-state index in [9.17, 15) is 4.79 Å². The van der Waals surface area contributed by atoms with Crippen LogP contribution < -0.4 is 15.8 Å². The zero-order valence-electron chi connectivity index (χ0n) is 13.6. The van der Waals surface area contributed by atoms with Gasteiger partial charge in [0.1, 0.15) is 17.4 Å². The van der Waals surface area contributed by atoms with Gasteiger partial charge in [0.15, 0.2) is 0 Å². The van der Waals surface area contributed by atoms with Crippen molar-refractivity contribution in [3.63, 3.8) is 0 Å². The lowest BCUT2D eigenvalue weighted by atomic mass is 10.1. The molecule has 2 rings (SSSR count). The number of halogens is 1. The molecule has 0 saturated heterocycles. The second kappa shape index (κ2) is 7.99. The van der Waals surface area contributed by atoms with Crippen molar-refractivity contribution in [2.75, 3.05) is 5.32 Å². The third-order valence-corrected chi connectivity index (χ3v) is 2.99. The fourth-order valence-electron chi connectivity index (χ4n) is 1.99. The number of benzene rings is 2. The number of hydrogen-bond acceptors (Lipinski definition) is 3. The van der Waals surface area contributed by atoms with Crippen LogP contribution in [0.1, 0.15) is 32.4 Å². The van der Waals surface area contributed by atoms with Crippen LogP contribution in [0.3, 0.4) is 0 Å². The SMILES string of the molecule is CC(C)(C)Oc1ccc(NC(=O)C(N)c2ccccc2)cc1.Cl. The molecule has 1 unspecified atom stereocenters. The predicted molar refractivity (Wildman–Crippen MR) is 96.1 cm³/mol. The molecule has 0 aromatic heterocycles. The van der Waals surface area contributed by atoms with Crippen molar-refractivity contribution in [3.05, 3.63) is 60.2 Å². The van der Waals surface area contributed by atoms with Gasteiger partial charge in [-0.25, -0.2) is 0 Å². The molecule has 2 aromatic carbocycles. The summed E-state index contributed by atoms with van der Waals surface area (Å²) in [6.07, 6.45) is 0. The van der Waals surface area contributed by atoms with Crippen LogP contribution in [0.4, 0.5) is 5.69 Å². The molecule has 1 atom stereocenters. The molecule has 5 heteroatoms. The van der Waals surface area contributed by atoms with Crippen LogP contribution in [0, 0.1) is 0 Å². The lowest BCUT2D eigenvalue weighted by Gasteiger charge is -2.21. The maximum Gasteiger partial charge on any atom is 0.245 e. The number of carbonyl (C=O) groups excluding carboxylic acids is 1. The van der Waals surface area contributed by atoms with Gasteiger partial charge in [-0.1, -0.05) is 30.3 Å². The van der Waals surface area contributed by atoms with E-state index in [1.807, 2.05) is 63.2 Å². The summed E-state index contributed by atoms with van der Waals surface area (Å²) in [5.74, 6) is 0.522. The monoisotopic (exact) mass is 334 g/mol. The maximum absolute atomic E-state index is 12.2. The largest absolute Gasteiger partial charge is 0.488 e. The minimum absolute atomic E-state index is 0. The second-order valence-corrected chi connectivity index (χ2v) is 6.12. The molecule has 1 amide bonds. The highest BCUT2D eigenvalue weighted by Crippen LogP contribution is 2.21. The number of nitrogens with one attached hydrogen (secondary N) is 1. The first-order valence-corrected chi connectivity index (χ1v) is 7.26. The third-order valence-electron chi connectivity index (χ3n) is 2.99. The fraction of sp³-hybridized carbons (Fsp3) is 0.278. The minimum Gasteiger partial charge on any atom is -0.488 e. The Kier molecular flexibility index (Phi) is 6.61. The van der Waals surface area contributed by atoms with E-state index in [4.69, 9.17) is 10.5 Å². The lowest BCUT2D eigenvalue weighted by Crippen LogP contribution is -2.27. The van der Waals surface area contributed by atoms with Gasteiger partial charge >= 0.3 is 0 Å². The number of carbonyl (C=O) groups is 1. The summed E-state index contributed by atoms with van der Waals surface area (Å²) in [7, 11) is 0. The van der Waals surface area contributed by atoms with E-state index in [0.29, 0.717) is 5.69 Å². The molecule has 2 aromatic rings. The Balaban J connectivity index is 0.00000264. The molecule has 0 heterocycles. The number of hydrogen-bond donors (Lipinski definition) is 2. The van der Waals surface area contributed by atoms with E-state index >= 15 is 0 Å². The summed E-state index contributed by atoms with van der Waals surface area (Å²) >= 11 is 0. The van der Waals surface area contributed by atoms with Crippen molar-refractivity contribution in [3.8, 4) is 5.75 Å². The normalized spacial score (nSPS) is 12.0. The molecule has 0 aliphatic rings. The van der Waals surface area contributed by atoms with Crippen molar-refractivity contribution in [1.82, 2.24) is 0 Å². The predicted octanol–water partition coefficient (Wildman–Crippen LogP) is 3.92. The molecule has 23 heavy (non-hydrogen) atoms. The molecule has 0 fully saturated rings. The number of ether oxygens (including phenoxy) is 1. The van der Waals surface area contributed by atoms with Gasteiger partial charge in [-0.15, -0.1) is 12.4 Å². The van der Waals surface area contributed by atoms with Gasteiger partial charge in [0.2, 0.25) is 5.91 Å². The van der Waals surface area contributed by atoms with Crippen molar-refractivity contribution in [2.24, 2.45) is 5.73 Å². The molecule has 0 bridgehead atoms. The molecule has 0 radical (unpaired) electrons. The average Bonchev–Trinajstić information content (AvgIpc) is 2.48. The van der Waals surface area contributed by atoms with Gasteiger partial charge in [0.25, 0.3) is 0 Å². The standard InChI is InChI=1S/C18H22N2O2.ClH/c1-18(2,3)22-15-11-9-14(10-12-15)20-17(21)16(19)13-7-5-4-6-8-13;/h4-12,16H,19H2,1-3H3,(H,20,21);1H. The number of anilines is 1. The Hall–Kier alpha value is -2.04. The molecule has 0 aliphatic carbocycles. The molecule has 0 aliphatic heterocycles.